The molecule has 0 radical (unpaired) electrons. The Morgan fingerprint density at radius 2 is 2.06 bits per heavy atom. The predicted octanol–water partition coefficient (Wildman–Crippen LogP) is 2.02. The number of nitrogens with one attached hydrogen (secondary N) is 1. The van der Waals surface area contributed by atoms with Crippen molar-refractivity contribution in [2.75, 3.05) is 0 Å². The van der Waals surface area contributed by atoms with Gasteiger partial charge >= 0.3 is 0 Å². The van der Waals surface area contributed by atoms with Crippen molar-refractivity contribution < 1.29 is 14.3 Å². The summed E-state index contributed by atoms with van der Waals surface area (Å²) in [7, 11) is 0. The number of carbonyl (C=O) groups is 1. The molecule has 1 rings (SSSR count). The van der Waals surface area contributed by atoms with Crippen LogP contribution >= 0.6 is 0 Å². The molecule has 4 heteroatoms. The fourth-order valence-corrected chi connectivity index (χ4v) is 1.27. The molecule has 0 aliphatic carbocycles. The van der Waals surface area contributed by atoms with Gasteiger partial charge in [0, 0.05) is 0 Å². The Labute approximate surface area is 101 Å². The summed E-state index contributed by atoms with van der Waals surface area (Å²) < 4.78 is 13.6. The first-order valence-electron chi connectivity index (χ1n) is 5.51. The smallest absolute Gasteiger partial charge is 0.254 e. The molecular weight excluding hydrogens is 221 g/mol. The van der Waals surface area contributed by atoms with E-state index in [-0.39, 0.29) is 5.56 Å². The summed E-state index contributed by atoms with van der Waals surface area (Å²) in [5.74, 6) is -1.07. The highest BCUT2D eigenvalue weighted by Gasteiger charge is 2.27. The number of aliphatic hydroxyl groups is 1. The maximum absolute atomic E-state index is 13.6. The lowest BCUT2D eigenvalue weighted by Crippen LogP contribution is -2.51. The largest absolute Gasteiger partial charge is 0.391 e. The van der Waals surface area contributed by atoms with Gasteiger partial charge < -0.3 is 10.4 Å². The Kier molecular flexibility index (Phi) is 3.88. The quantitative estimate of drug-likeness (QED) is 0.847. The lowest BCUT2D eigenvalue weighted by molar-refractivity contribution is 0.0706. The third kappa shape index (κ3) is 3.27. The zero-order valence-corrected chi connectivity index (χ0v) is 10.5. The Balaban J connectivity index is 2.91. The monoisotopic (exact) mass is 239 g/mol. The molecule has 0 bridgehead atoms. The summed E-state index contributed by atoms with van der Waals surface area (Å²) in [4.78, 5) is 11.8. The maximum atomic E-state index is 13.6. The summed E-state index contributed by atoms with van der Waals surface area (Å²) in [6.07, 6.45) is -0.722. The highest BCUT2D eigenvalue weighted by atomic mass is 19.1. The SMILES string of the molecule is Cc1ccc(C(=O)NC(C)(C)C(C)O)c(F)c1. The van der Waals surface area contributed by atoms with Gasteiger partial charge in [-0.25, -0.2) is 4.39 Å². The van der Waals surface area contributed by atoms with Crippen LogP contribution in [0.2, 0.25) is 0 Å². The molecule has 0 saturated carbocycles. The molecule has 1 atom stereocenters. The fourth-order valence-electron chi connectivity index (χ4n) is 1.27. The predicted molar refractivity (Wildman–Crippen MR) is 64.4 cm³/mol. The molecular formula is C13H18FNO2. The first-order valence-corrected chi connectivity index (χ1v) is 5.51. The van der Waals surface area contributed by atoms with E-state index in [4.69, 9.17) is 0 Å². The van der Waals surface area contributed by atoms with E-state index < -0.39 is 23.4 Å². The highest BCUT2D eigenvalue weighted by molar-refractivity contribution is 5.95. The van der Waals surface area contributed by atoms with Crippen molar-refractivity contribution in [3.8, 4) is 0 Å². The second-order valence-corrected chi connectivity index (χ2v) is 4.84. The van der Waals surface area contributed by atoms with E-state index in [1.165, 1.54) is 12.1 Å². The van der Waals surface area contributed by atoms with Gasteiger partial charge in [-0.2, -0.15) is 0 Å². The third-order valence-electron chi connectivity index (χ3n) is 2.85. The van der Waals surface area contributed by atoms with E-state index in [2.05, 4.69) is 5.32 Å². The van der Waals surface area contributed by atoms with Gasteiger partial charge in [0.25, 0.3) is 5.91 Å². The van der Waals surface area contributed by atoms with Crippen molar-refractivity contribution in [1.82, 2.24) is 5.32 Å². The molecule has 2 N–H and O–H groups in total. The van der Waals surface area contributed by atoms with Gasteiger partial charge in [-0.05, 0) is 45.4 Å². The van der Waals surface area contributed by atoms with Gasteiger partial charge in [-0.1, -0.05) is 6.07 Å². The van der Waals surface area contributed by atoms with Crippen LogP contribution < -0.4 is 5.32 Å². The van der Waals surface area contributed by atoms with Gasteiger partial charge in [-0.15, -0.1) is 0 Å². The molecule has 1 aromatic rings. The van der Waals surface area contributed by atoms with E-state index in [1.807, 2.05) is 0 Å². The van der Waals surface area contributed by atoms with Crippen LogP contribution in [0.3, 0.4) is 0 Å². The lowest BCUT2D eigenvalue weighted by atomic mass is 9.98. The Bertz CT molecular complexity index is 427. The minimum absolute atomic E-state index is 0.00988. The number of benzene rings is 1. The molecule has 0 aromatic heterocycles. The molecule has 17 heavy (non-hydrogen) atoms. The number of aryl methyl sites for hydroxylation is 1. The number of carbonyl (C=O) groups excluding carboxylic acids is 1. The van der Waals surface area contributed by atoms with Crippen LogP contribution in [-0.4, -0.2) is 22.7 Å². The number of hydrogen-bond donors (Lipinski definition) is 2. The Hall–Kier alpha value is -1.42. The second-order valence-electron chi connectivity index (χ2n) is 4.84. The molecule has 0 fully saturated rings. The zero-order valence-electron chi connectivity index (χ0n) is 10.5. The molecule has 3 nitrogen and oxygen atoms in total. The van der Waals surface area contributed by atoms with Gasteiger partial charge in [0.2, 0.25) is 0 Å². The number of rotatable bonds is 3. The Morgan fingerprint density at radius 1 is 1.47 bits per heavy atom. The van der Waals surface area contributed by atoms with Crippen molar-refractivity contribution in [2.24, 2.45) is 0 Å². The minimum Gasteiger partial charge on any atom is -0.391 e. The highest BCUT2D eigenvalue weighted by Crippen LogP contribution is 2.13. The molecule has 0 spiro atoms. The average Bonchev–Trinajstić information content (AvgIpc) is 2.15. The van der Waals surface area contributed by atoms with Crippen LogP contribution in [0.1, 0.15) is 36.7 Å². The second kappa shape index (κ2) is 4.84. The summed E-state index contributed by atoms with van der Waals surface area (Å²) >= 11 is 0. The maximum Gasteiger partial charge on any atom is 0.254 e. The van der Waals surface area contributed by atoms with Crippen LogP contribution in [0.25, 0.3) is 0 Å². The van der Waals surface area contributed by atoms with E-state index in [0.29, 0.717) is 0 Å². The van der Waals surface area contributed by atoms with Crippen molar-refractivity contribution in [3.63, 3.8) is 0 Å². The molecule has 94 valence electrons. The molecule has 0 aliphatic rings. The molecule has 0 heterocycles. The van der Waals surface area contributed by atoms with Gasteiger partial charge in [-0.3, -0.25) is 4.79 Å². The summed E-state index contributed by atoms with van der Waals surface area (Å²) in [6.45, 7) is 6.69. The summed E-state index contributed by atoms with van der Waals surface area (Å²) in [5, 5.41) is 12.1. The van der Waals surface area contributed by atoms with Gasteiger partial charge in [0.1, 0.15) is 5.82 Å². The summed E-state index contributed by atoms with van der Waals surface area (Å²) in [6, 6.07) is 4.43. The van der Waals surface area contributed by atoms with Crippen molar-refractivity contribution in [1.29, 1.82) is 0 Å². The van der Waals surface area contributed by atoms with Crippen molar-refractivity contribution in [3.05, 3.63) is 35.1 Å². The van der Waals surface area contributed by atoms with E-state index in [9.17, 15) is 14.3 Å². The lowest BCUT2D eigenvalue weighted by Gasteiger charge is -2.29. The van der Waals surface area contributed by atoms with Crippen LogP contribution in [0.15, 0.2) is 18.2 Å². The first kappa shape index (κ1) is 13.6. The standard InChI is InChI=1S/C13H18FNO2/c1-8-5-6-10(11(14)7-8)12(17)15-13(3,4)9(2)16/h5-7,9,16H,1-4H3,(H,15,17). The third-order valence-corrected chi connectivity index (χ3v) is 2.85. The zero-order chi connectivity index (χ0) is 13.2. The fraction of sp³-hybridized carbons (Fsp3) is 0.462. The topological polar surface area (TPSA) is 49.3 Å². The van der Waals surface area contributed by atoms with Crippen LogP contribution in [0.4, 0.5) is 4.39 Å². The van der Waals surface area contributed by atoms with E-state index >= 15 is 0 Å². The number of amides is 1. The molecule has 1 aromatic carbocycles. The molecule has 1 amide bonds. The van der Waals surface area contributed by atoms with Gasteiger partial charge in [0.15, 0.2) is 0 Å². The number of halogens is 1. The van der Waals surface area contributed by atoms with Crippen LogP contribution in [-0.2, 0) is 0 Å². The van der Waals surface area contributed by atoms with Crippen LogP contribution in [0, 0.1) is 12.7 Å². The normalized spacial score (nSPS) is 13.3. The Morgan fingerprint density at radius 3 is 2.53 bits per heavy atom. The van der Waals surface area contributed by atoms with E-state index in [1.54, 1.807) is 33.8 Å². The van der Waals surface area contributed by atoms with Crippen LogP contribution in [0.5, 0.6) is 0 Å². The number of hydrogen-bond acceptors (Lipinski definition) is 2. The first-order chi connectivity index (χ1) is 7.74. The van der Waals surface area contributed by atoms with E-state index in [0.717, 1.165) is 5.56 Å². The average molecular weight is 239 g/mol. The molecule has 0 saturated heterocycles. The molecule has 0 aliphatic heterocycles. The summed E-state index contributed by atoms with van der Waals surface area (Å²) in [5.41, 5.74) is -0.0489. The minimum atomic E-state index is -0.797. The number of aliphatic hydroxyl groups excluding tert-OH is 1. The van der Waals surface area contributed by atoms with Gasteiger partial charge in [0.05, 0.1) is 17.2 Å². The van der Waals surface area contributed by atoms with Crippen molar-refractivity contribution >= 4 is 5.91 Å². The molecule has 1 unspecified atom stereocenters. The van der Waals surface area contributed by atoms with Crippen molar-refractivity contribution in [2.45, 2.75) is 39.3 Å².